The lowest BCUT2D eigenvalue weighted by Crippen LogP contribution is -2.28. The maximum absolute atomic E-state index is 12.5. The third-order valence-corrected chi connectivity index (χ3v) is 2.83. The molecule has 1 aromatic heterocycles. The highest BCUT2D eigenvalue weighted by molar-refractivity contribution is 6.04. The molecule has 2 aromatic rings. The van der Waals surface area contributed by atoms with E-state index in [2.05, 4.69) is 15.5 Å². The third-order valence-electron chi connectivity index (χ3n) is 2.83. The number of rotatable bonds is 2. The monoisotopic (exact) mass is 333 g/mol. The van der Waals surface area contributed by atoms with Crippen LogP contribution in [0, 0.1) is 0 Å². The highest BCUT2D eigenvalue weighted by Crippen LogP contribution is 2.26. The molecule has 0 spiro atoms. The van der Waals surface area contributed by atoms with Crippen molar-refractivity contribution in [3.63, 3.8) is 0 Å². The fourth-order valence-electron chi connectivity index (χ4n) is 2.01. The molecule has 0 aliphatic rings. The van der Waals surface area contributed by atoms with Crippen LogP contribution in [-0.4, -0.2) is 33.5 Å². The van der Waals surface area contributed by atoms with E-state index in [9.17, 15) is 9.59 Å². The Balaban J connectivity index is 2.37. The second kappa shape index (κ2) is 6.14. The lowest BCUT2D eigenvalue weighted by molar-refractivity contribution is 0.00709. The first-order valence-corrected chi connectivity index (χ1v) is 7.65. The van der Waals surface area contributed by atoms with Gasteiger partial charge in [-0.3, -0.25) is 10.4 Å². The van der Waals surface area contributed by atoms with Gasteiger partial charge in [-0.2, -0.15) is 5.10 Å². The smallest absolute Gasteiger partial charge is 0.412 e. The number of hydrogen-bond acceptors (Lipinski definition) is 5. The maximum Gasteiger partial charge on any atom is 0.412 e. The molecule has 0 aliphatic carbocycles. The topological polar surface area (TPSA) is 93.3 Å². The van der Waals surface area contributed by atoms with Crippen LogP contribution in [0.4, 0.5) is 10.5 Å². The van der Waals surface area contributed by atoms with Crippen LogP contribution in [0.15, 0.2) is 18.3 Å². The van der Waals surface area contributed by atoms with Gasteiger partial charge in [0.05, 0.1) is 23.0 Å². The van der Waals surface area contributed by atoms with Gasteiger partial charge in [-0.15, -0.1) is 0 Å². The molecule has 1 heterocycles. The summed E-state index contributed by atoms with van der Waals surface area (Å²) in [5.74, 6) is -0.537. The van der Waals surface area contributed by atoms with Crippen molar-refractivity contribution in [2.24, 2.45) is 0 Å². The molecule has 2 N–H and O–H groups in total. The van der Waals surface area contributed by atoms with Crippen LogP contribution in [0.2, 0.25) is 0 Å². The Morgan fingerprint density at radius 2 is 1.67 bits per heavy atom. The minimum absolute atomic E-state index is 0.229. The Bertz CT molecular complexity index is 766. The highest BCUT2D eigenvalue weighted by atomic mass is 16.6. The first-order valence-electron chi connectivity index (χ1n) is 7.65. The number of esters is 1. The first kappa shape index (κ1) is 17.8. The number of H-pyrrole nitrogens is 1. The molecule has 1 aromatic carbocycles. The largest absolute Gasteiger partial charge is 0.456 e. The minimum atomic E-state index is -0.650. The summed E-state index contributed by atoms with van der Waals surface area (Å²) >= 11 is 0. The number of ether oxygens (including phenoxy) is 2. The number of anilines is 1. The third kappa shape index (κ3) is 4.71. The maximum atomic E-state index is 12.5. The van der Waals surface area contributed by atoms with Crippen LogP contribution in [0.5, 0.6) is 0 Å². The van der Waals surface area contributed by atoms with E-state index in [1.807, 2.05) is 0 Å². The summed E-state index contributed by atoms with van der Waals surface area (Å²) in [7, 11) is 0. The van der Waals surface area contributed by atoms with Gasteiger partial charge in [-0.25, -0.2) is 9.59 Å². The number of benzene rings is 1. The number of hydrogen-bond donors (Lipinski definition) is 2. The van der Waals surface area contributed by atoms with Crippen molar-refractivity contribution in [3.8, 4) is 0 Å². The number of aromatic amines is 1. The van der Waals surface area contributed by atoms with E-state index < -0.39 is 23.3 Å². The van der Waals surface area contributed by atoms with E-state index >= 15 is 0 Å². The molecule has 0 aliphatic heterocycles. The predicted molar refractivity (Wildman–Crippen MR) is 91.1 cm³/mol. The molecule has 1 amide bonds. The van der Waals surface area contributed by atoms with Gasteiger partial charge in [0.15, 0.2) is 0 Å². The molecule has 24 heavy (non-hydrogen) atoms. The zero-order valence-electron chi connectivity index (χ0n) is 14.8. The Morgan fingerprint density at radius 1 is 1.04 bits per heavy atom. The minimum Gasteiger partial charge on any atom is -0.456 e. The van der Waals surface area contributed by atoms with Crippen molar-refractivity contribution in [3.05, 3.63) is 23.9 Å². The van der Waals surface area contributed by atoms with Crippen molar-refractivity contribution in [2.45, 2.75) is 52.7 Å². The van der Waals surface area contributed by atoms with Gasteiger partial charge in [0.1, 0.15) is 11.2 Å². The van der Waals surface area contributed by atoms with Gasteiger partial charge in [-0.05, 0) is 53.7 Å². The number of carbonyl (C=O) groups excluding carboxylic acids is 2. The van der Waals surface area contributed by atoms with Gasteiger partial charge in [0.2, 0.25) is 0 Å². The number of fused-ring (bicyclic) bond motifs is 1. The van der Waals surface area contributed by atoms with E-state index in [1.54, 1.807) is 59.9 Å². The molecule has 0 atom stereocenters. The van der Waals surface area contributed by atoms with Crippen molar-refractivity contribution >= 4 is 28.7 Å². The highest BCUT2D eigenvalue weighted by Gasteiger charge is 2.24. The standard InChI is InChI=1S/C17H23N3O4/c1-16(2,3)23-14(21)11-8-12-10(9-18-20-12)7-13(11)19-15(22)24-17(4,5)6/h7-9H,1-6H3,(H,18,20)(H,19,22). The van der Waals surface area contributed by atoms with Gasteiger partial charge in [-0.1, -0.05) is 0 Å². The molecule has 0 saturated heterocycles. The lowest BCUT2D eigenvalue weighted by atomic mass is 10.1. The number of nitrogens with zero attached hydrogens (tertiary/aromatic N) is 1. The van der Waals surface area contributed by atoms with Gasteiger partial charge in [0, 0.05) is 5.39 Å². The summed E-state index contributed by atoms with van der Waals surface area (Å²) < 4.78 is 10.7. The SMILES string of the molecule is CC(C)(C)OC(=O)Nc1cc2cn[nH]c2cc1C(=O)OC(C)(C)C. The number of amides is 1. The number of aromatic nitrogens is 2. The number of nitrogens with one attached hydrogen (secondary N) is 2. The van der Waals surface area contributed by atoms with E-state index in [0.717, 1.165) is 5.39 Å². The molecule has 7 heteroatoms. The molecule has 0 unspecified atom stereocenters. The summed E-state index contributed by atoms with van der Waals surface area (Å²) in [5.41, 5.74) is -0.0791. The molecular weight excluding hydrogens is 310 g/mol. The number of carbonyl (C=O) groups is 2. The Morgan fingerprint density at radius 3 is 2.25 bits per heavy atom. The first-order chi connectivity index (χ1) is 10.9. The molecule has 0 saturated carbocycles. The quantitative estimate of drug-likeness (QED) is 0.814. The van der Waals surface area contributed by atoms with E-state index in [1.165, 1.54) is 0 Å². The van der Waals surface area contributed by atoms with E-state index in [0.29, 0.717) is 11.2 Å². The summed E-state index contributed by atoms with van der Waals surface area (Å²) in [6.07, 6.45) is 0.962. The Kier molecular flexibility index (Phi) is 4.55. The van der Waals surface area contributed by atoms with Crippen molar-refractivity contribution in [1.29, 1.82) is 0 Å². The summed E-state index contributed by atoms with van der Waals surface area (Å²) in [4.78, 5) is 24.5. The lowest BCUT2D eigenvalue weighted by Gasteiger charge is -2.22. The molecule has 7 nitrogen and oxygen atoms in total. The van der Waals surface area contributed by atoms with Crippen molar-refractivity contribution < 1.29 is 19.1 Å². The average molecular weight is 333 g/mol. The molecule has 2 rings (SSSR count). The zero-order chi connectivity index (χ0) is 18.1. The molecule has 130 valence electrons. The summed E-state index contributed by atoms with van der Waals surface area (Å²) in [6, 6.07) is 3.26. The fourth-order valence-corrected chi connectivity index (χ4v) is 2.01. The van der Waals surface area contributed by atoms with Crippen LogP contribution >= 0.6 is 0 Å². The average Bonchev–Trinajstić information content (AvgIpc) is 2.80. The molecule has 0 radical (unpaired) electrons. The Hall–Kier alpha value is -2.57. The van der Waals surface area contributed by atoms with Gasteiger partial charge >= 0.3 is 12.1 Å². The van der Waals surface area contributed by atoms with Crippen LogP contribution in [-0.2, 0) is 9.47 Å². The van der Waals surface area contributed by atoms with Crippen LogP contribution in [0.25, 0.3) is 10.9 Å². The van der Waals surface area contributed by atoms with Crippen molar-refractivity contribution in [1.82, 2.24) is 10.2 Å². The summed E-state index contributed by atoms with van der Waals surface area (Å²) in [6.45, 7) is 10.6. The van der Waals surface area contributed by atoms with E-state index in [4.69, 9.17) is 9.47 Å². The Labute approximate surface area is 140 Å². The van der Waals surface area contributed by atoms with Gasteiger partial charge < -0.3 is 9.47 Å². The van der Waals surface area contributed by atoms with Gasteiger partial charge in [0.25, 0.3) is 0 Å². The molecular formula is C17H23N3O4. The van der Waals surface area contributed by atoms with Crippen LogP contribution in [0.1, 0.15) is 51.9 Å². The van der Waals surface area contributed by atoms with Crippen molar-refractivity contribution in [2.75, 3.05) is 5.32 Å². The van der Waals surface area contributed by atoms with E-state index in [-0.39, 0.29) is 5.56 Å². The second-order valence-corrected chi connectivity index (χ2v) is 7.48. The molecule has 0 bridgehead atoms. The molecule has 0 fully saturated rings. The fraction of sp³-hybridized carbons (Fsp3) is 0.471. The zero-order valence-corrected chi connectivity index (χ0v) is 14.8. The predicted octanol–water partition coefficient (Wildman–Crippen LogP) is 3.87. The van der Waals surface area contributed by atoms with Crippen LogP contribution < -0.4 is 5.32 Å². The summed E-state index contributed by atoms with van der Waals surface area (Å²) in [5, 5.41) is 10.1. The van der Waals surface area contributed by atoms with Crippen LogP contribution in [0.3, 0.4) is 0 Å². The second-order valence-electron chi connectivity index (χ2n) is 7.48. The normalized spacial score (nSPS) is 12.1.